The van der Waals surface area contributed by atoms with Crippen molar-refractivity contribution >= 4 is 20.0 Å². The van der Waals surface area contributed by atoms with Gasteiger partial charge in [0.05, 0.1) is 0 Å². The standard InChI is InChI=1S/C11H23NO3Si/c1-7-14-12-10(8-9(2)3)11(13)15-16(4,5)6/h9H,7-8H2,1-6H3/b12-10+. The van der Waals surface area contributed by atoms with Crippen molar-refractivity contribution in [2.75, 3.05) is 6.61 Å². The maximum absolute atomic E-state index is 11.8. The van der Waals surface area contributed by atoms with E-state index in [-0.39, 0.29) is 5.97 Å². The van der Waals surface area contributed by atoms with Gasteiger partial charge in [0.1, 0.15) is 6.61 Å². The Morgan fingerprint density at radius 3 is 2.25 bits per heavy atom. The molecule has 0 unspecified atom stereocenters. The summed E-state index contributed by atoms with van der Waals surface area (Å²) in [5.74, 6) is 0.0229. The summed E-state index contributed by atoms with van der Waals surface area (Å²) in [5, 5.41) is 3.83. The zero-order chi connectivity index (χ0) is 12.8. The molecule has 4 nitrogen and oxygen atoms in total. The van der Waals surface area contributed by atoms with Crippen molar-refractivity contribution in [3.05, 3.63) is 0 Å². The summed E-state index contributed by atoms with van der Waals surface area (Å²) in [6, 6.07) is 0. The SMILES string of the molecule is CCO/N=C(\CC(C)C)C(=O)O[Si](C)(C)C. The van der Waals surface area contributed by atoms with Gasteiger partial charge in [-0.3, -0.25) is 0 Å². The molecule has 0 aromatic heterocycles. The molecule has 0 spiro atoms. The summed E-state index contributed by atoms with van der Waals surface area (Å²) < 4.78 is 5.39. The number of hydrogen-bond donors (Lipinski definition) is 0. The van der Waals surface area contributed by atoms with Crippen LogP contribution in [0, 0.1) is 5.92 Å². The Bertz CT molecular complexity index is 256. The van der Waals surface area contributed by atoms with Gasteiger partial charge in [-0.05, 0) is 32.5 Å². The molecule has 0 rings (SSSR count). The van der Waals surface area contributed by atoms with Crippen LogP contribution in [0.4, 0.5) is 0 Å². The van der Waals surface area contributed by atoms with E-state index in [0.717, 1.165) is 0 Å². The number of carbonyl (C=O) groups is 1. The third-order valence-corrected chi connectivity index (χ3v) is 2.34. The fourth-order valence-electron chi connectivity index (χ4n) is 1.02. The molecule has 0 aromatic carbocycles. The van der Waals surface area contributed by atoms with Gasteiger partial charge in [-0.15, -0.1) is 0 Å². The third kappa shape index (κ3) is 7.45. The van der Waals surface area contributed by atoms with Gasteiger partial charge < -0.3 is 9.26 Å². The first-order valence-corrected chi connectivity index (χ1v) is 9.09. The van der Waals surface area contributed by atoms with E-state index < -0.39 is 8.32 Å². The van der Waals surface area contributed by atoms with Crippen LogP contribution < -0.4 is 0 Å². The van der Waals surface area contributed by atoms with Crippen LogP contribution in [-0.2, 0) is 14.1 Å². The first-order valence-electron chi connectivity index (χ1n) is 5.68. The molecule has 94 valence electrons. The molecule has 0 amide bonds. The highest BCUT2D eigenvalue weighted by Crippen LogP contribution is 2.08. The van der Waals surface area contributed by atoms with Crippen molar-refractivity contribution in [1.29, 1.82) is 0 Å². The van der Waals surface area contributed by atoms with Crippen molar-refractivity contribution < 1.29 is 14.1 Å². The molecule has 0 bridgehead atoms. The number of rotatable bonds is 6. The maximum atomic E-state index is 11.8. The Balaban J connectivity index is 4.57. The molecule has 5 heteroatoms. The van der Waals surface area contributed by atoms with E-state index in [1.54, 1.807) is 0 Å². The zero-order valence-electron chi connectivity index (χ0n) is 11.2. The summed E-state index contributed by atoms with van der Waals surface area (Å²) in [5.41, 5.74) is 0.388. The predicted molar refractivity (Wildman–Crippen MR) is 68.0 cm³/mol. The van der Waals surface area contributed by atoms with Gasteiger partial charge in [0.25, 0.3) is 0 Å². The molecule has 0 N–H and O–H groups in total. The van der Waals surface area contributed by atoms with Gasteiger partial charge in [0, 0.05) is 6.42 Å². The number of oxime groups is 1. The summed E-state index contributed by atoms with van der Waals surface area (Å²) in [6.07, 6.45) is 0.587. The molecule has 0 aliphatic heterocycles. The lowest BCUT2D eigenvalue weighted by Gasteiger charge is -2.18. The van der Waals surface area contributed by atoms with Crippen molar-refractivity contribution in [2.24, 2.45) is 11.1 Å². The fraction of sp³-hybridized carbons (Fsp3) is 0.818. The Labute approximate surface area is 99.1 Å². The molecule has 0 fully saturated rings. The second-order valence-electron chi connectivity index (χ2n) is 5.06. The lowest BCUT2D eigenvalue weighted by atomic mass is 10.1. The third-order valence-electron chi connectivity index (χ3n) is 1.54. The molecule has 0 aromatic rings. The van der Waals surface area contributed by atoms with Gasteiger partial charge in [0.15, 0.2) is 5.71 Å². The molecule has 0 radical (unpaired) electrons. The van der Waals surface area contributed by atoms with E-state index in [1.165, 1.54) is 0 Å². The Kier molecular flexibility index (Phi) is 6.33. The van der Waals surface area contributed by atoms with Crippen LogP contribution in [0.3, 0.4) is 0 Å². The number of hydrogen-bond acceptors (Lipinski definition) is 4. The van der Waals surface area contributed by atoms with E-state index in [2.05, 4.69) is 5.16 Å². The van der Waals surface area contributed by atoms with Crippen molar-refractivity contribution in [3.63, 3.8) is 0 Å². The second-order valence-corrected chi connectivity index (χ2v) is 9.48. The largest absolute Gasteiger partial charge is 0.515 e. The Hall–Kier alpha value is -0.843. The van der Waals surface area contributed by atoms with Gasteiger partial charge in [0.2, 0.25) is 8.32 Å². The number of nitrogens with zero attached hydrogens (tertiary/aromatic N) is 1. The minimum Gasteiger partial charge on any atom is -0.515 e. The fourth-order valence-corrected chi connectivity index (χ4v) is 1.70. The normalized spacial score (nSPS) is 12.8. The zero-order valence-corrected chi connectivity index (χ0v) is 12.2. The van der Waals surface area contributed by atoms with Crippen LogP contribution in [0.2, 0.25) is 19.6 Å². The molecular formula is C11H23NO3Si. The first-order chi connectivity index (χ1) is 7.26. The molecule has 0 aliphatic rings. The van der Waals surface area contributed by atoms with Crippen molar-refractivity contribution in [3.8, 4) is 0 Å². The van der Waals surface area contributed by atoms with Crippen LogP contribution in [0.25, 0.3) is 0 Å². The van der Waals surface area contributed by atoms with Gasteiger partial charge >= 0.3 is 5.97 Å². The smallest absolute Gasteiger partial charge is 0.342 e. The minimum absolute atomic E-state index is 0.332. The van der Waals surface area contributed by atoms with Gasteiger partial charge in [-0.1, -0.05) is 19.0 Å². The Morgan fingerprint density at radius 1 is 1.31 bits per heavy atom. The van der Waals surface area contributed by atoms with Crippen molar-refractivity contribution in [2.45, 2.75) is 46.8 Å². The monoisotopic (exact) mass is 245 g/mol. The van der Waals surface area contributed by atoms with E-state index in [1.807, 2.05) is 40.4 Å². The topological polar surface area (TPSA) is 47.9 Å². The maximum Gasteiger partial charge on any atom is 0.342 e. The molecule has 0 heterocycles. The van der Waals surface area contributed by atoms with Crippen LogP contribution >= 0.6 is 0 Å². The number of carbonyl (C=O) groups excluding carboxylic acids is 1. The lowest BCUT2D eigenvalue weighted by molar-refractivity contribution is -0.128. The van der Waals surface area contributed by atoms with Crippen molar-refractivity contribution in [1.82, 2.24) is 0 Å². The molecule has 16 heavy (non-hydrogen) atoms. The van der Waals surface area contributed by atoms with Crippen LogP contribution in [0.1, 0.15) is 27.2 Å². The van der Waals surface area contributed by atoms with Crippen LogP contribution in [-0.4, -0.2) is 26.6 Å². The van der Waals surface area contributed by atoms with E-state index >= 15 is 0 Å². The van der Waals surface area contributed by atoms with E-state index in [4.69, 9.17) is 9.26 Å². The quantitative estimate of drug-likeness (QED) is 0.411. The van der Waals surface area contributed by atoms with E-state index in [0.29, 0.717) is 24.7 Å². The summed E-state index contributed by atoms with van der Waals surface area (Å²) in [4.78, 5) is 16.7. The van der Waals surface area contributed by atoms with E-state index in [9.17, 15) is 4.79 Å². The summed E-state index contributed by atoms with van der Waals surface area (Å²) in [7, 11) is -1.86. The first kappa shape index (κ1) is 15.2. The predicted octanol–water partition coefficient (Wildman–Crippen LogP) is 2.80. The highest BCUT2D eigenvalue weighted by atomic mass is 28.4. The lowest BCUT2D eigenvalue weighted by Crippen LogP contribution is -2.33. The molecule has 0 saturated carbocycles. The molecule has 0 saturated heterocycles. The summed E-state index contributed by atoms with van der Waals surface area (Å²) in [6.45, 7) is 12.3. The molecular weight excluding hydrogens is 222 g/mol. The average Bonchev–Trinajstić information content (AvgIpc) is 2.08. The minimum atomic E-state index is -1.86. The summed E-state index contributed by atoms with van der Waals surface area (Å²) >= 11 is 0. The van der Waals surface area contributed by atoms with Crippen LogP contribution in [0.5, 0.6) is 0 Å². The Morgan fingerprint density at radius 2 is 1.88 bits per heavy atom. The van der Waals surface area contributed by atoms with Crippen LogP contribution in [0.15, 0.2) is 5.16 Å². The average molecular weight is 245 g/mol. The van der Waals surface area contributed by atoms with Gasteiger partial charge in [-0.2, -0.15) is 0 Å². The second kappa shape index (κ2) is 6.68. The highest BCUT2D eigenvalue weighted by molar-refractivity contribution is 6.72. The molecule has 0 aliphatic carbocycles. The van der Waals surface area contributed by atoms with Gasteiger partial charge in [-0.25, -0.2) is 4.79 Å². The highest BCUT2D eigenvalue weighted by Gasteiger charge is 2.24. The molecule has 0 atom stereocenters.